The highest BCUT2D eigenvalue weighted by molar-refractivity contribution is 7.89. The summed E-state index contributed by atoms with van der Waals surface area (Å²) in [4.78, 5) is 0.261. The van der Waals surface area contributed by atoms with Crippen molar-refractivity contribution in [3.8, 4) is 0 Å². The van der Waals surface area contributed by atoms with Gasteiger partial charge in [-0.25, -0.2) is 12.7 Å². The molecule has 4 nitrogen and oxygen atoms in total. The van der Waals surface area contributed by atoms with Crippen molar-refractivity contribution in [2.75, 3.05) is 26.7 Å². The van der Waals surface area contributed by atoms with Crippen LogP contribution < -0.4 is 5.32 Å². The van der Waals surface area contributed by atoms with Crippen molar-refractivity contribution in [2.45, 2.75) is 17.7 Å². The van der Waals surface area contributed by atoms with E-state index >= 15 is 0 Å². The normalized spacial score (nSPS) is 17.8. The van der Waals surface area contributed by atoms with Crippen molar-refractivity contribution >= 4 is 21.6 Å². The summed E-state index contributed by atoms with van der Waals surface area (Å²) in [7, 11) is -1.80. The van der Waals surface area contributed by atoms with Crippen LogP contribution in [0.3, 0.4) is 0 Å². The van der Waals surface area contributed by atoms with Crippen LogP contribution in [0.4, 0.5) is 0 Å². The molecule has 1 heterocycles. The maximum Gasteiger partial charge on any atom is 0.242 e. The van der Waals surface area contributed by atoms with E-state index < -0.39 is 10.0 Å². The van der Waals surface area contributed by atoms with Crippen LogP contribution in [0.15, 0.2) is 29.2 Å². The molecule has 0 unspecified atom stereocenters. The Balaban J connectivity index is 2.10. The molecule has 0 saturated carbocycles. The van der Waals surface area contributed by atoms with Gasteiger partial charge in [0, 0.05) is 18.6 Å². The predicted octanol–water partition coefficient (Wildman–Crippen LogP) is 1.96. The van der Waals surface area contributed by atoms with E-state index in [1.807, 2.05) is 0 Å². The van der Waals surface area contributed by atoms with Gasteiger partial charge in [0.2, 0.25) is 10.0 Å². The lowest BCUT2D eigenvalue weighted by Crippen LogP contribution is -2.37. The zero-order valence-electron chi connectivity index (χ0n) is 11.0. The maximum absolute atomic E-state index is 12.4. The van der Waals surface area contributed by atoms with Gasteiger partial charge in [-0.15, -0.1) is 0 Å². The smallest absolute Gasteiger partial charge is 0.242 e. The van der Waals surface area contributed by atoms with Gasteiger partial charge >= 0.3 is 0 Å². The minimum atomic E-state index is -3.43. The number of piperidine rings is 1. The average Bonchev–Trinajstić information content (AvgIpc) is 2.40. The highest BCUT2D eigenvalue weighted by Crippen LogP contribution is 2.21. The second-order valence-electron chi connectivity index (χ2n) is 4.94. The number of halogens is 1. The van der Waals surface area contributed by atoms with E-state index in [2.05, 4.69) is 5.32 Å². The number of rotatable bonds is 4. The summed E-state index contributed by atoms with van der Waals surface area (Å²) >= 11 is 5.86. The molecule has 1 N–H and O–H groups in total. The third-order valence-corrected chi connectivity index (χ3v) is 5.53. The number of hydrogen-bond acceptors (Lipinski definition) is 3. The number of nitrogens with zero attached hydrogens (tertiary/aromatic N) is 1. The molecular weight excluding hydrogens is 284 g/mol. The Labute approximate surface area is 119 Å². The monoisotopic (exact) mass is 302 g/mol. The molecule has 0 radical (unpaired) electrons. The number of hydrogen-bond donors (Lipinski definition) is 1. The molecule has 1 aliphatic heterocycles. The highest BCUT2D eigenvalue weighted by atomic mass is 35.5. The lowest BCUT2D eigenvalue weighted by atomic mass is 9.98. The maximum atomic E-state index is 12.4. The van der Waals surface area contributed by atoms with Gasteiger partial charge in [0.1, 0.15) is 0 Å². The molecular formula is C13H19ClN2O2S. The summed E-state index contributed by atoms with van der Waals surface area (Å²) in [5.41, 5.74) is 0. The molecule has 19 heavy (non-hydrogen) atoms. The molecule has 0 amide bonds. The van der Waals surface area contributed by atoms with Crippen LogP contribution in [0.25, 0.3) is 0 Å². The number of nitrogens with one attached hydrogen (secondary N) is 1. The first-order valence-corrected chi connectivity index (χ1v) is 8.24. The molecule has 0 aromatic heterocycles. The van der Waals surface area contributed by atoms with Gasteiger partial charge in [0.25, 0.3) is 0 Å². The molecule has 1 saturated heterocycles. The van der Waals surface area contributed by atoms with E-state index in [0.29, 0.717) is 17.5 Å². The van der Waals surface area contributed by atoms with Gasteiger partial charge in [0.05, 0.1) is 4.90 Å². The molecule has 2 rings (SSSR count). The van der Waals surface area contributed by atoms with Gasteiger partial charge in [-0.1, -0.05) is 17.7 Å². The lowest BCUT2D eigenvalue weighted by molar-refractivity contribution is 0.311. The summed E-state index contributed by atoms with van der Waals surface area (Å²) in [5.74, 6) is 0.431. The Kier molecular flexibility index (Phi) is 4.84. The Morgan fingerprint density at radius 3 is 2.68 bits per heavy atom. The van der Waals surface area contributed by atoms with Gasteiger partial charge in [0.15, 0.2) is 0 Å². The topological polar surface area (TPSA) is 49.4 Å². The van der Waals surface area contributed by atoms with E-state index in [0.717, 1.165) is 25.9 Å². The fourth-order valence-electron chi connectivity index (χ4n) is 2.33. The second-order valence-corrected chi connectivity index (χ2v) is 7.42. The first-order chi connectivity index (χ1) is 9.00. The van der Waals surface area contributed by atoms with Gasteiger partial charge in [-0.05, 0) is 50.0 Å². The minimum absolute atomic E-state index is 0.261. The van der Waals surface area contributed by atoms with Crippen LogP contribution in [0, 0.1) is 5.92 Å². The Bertz CT molecular complexity index is 527. The van der Waals surface area contributed by atoms with Crippen LogP contribution in [-0.4, -0.2) is 39.4 Å². The molecule has 1 fully saturated rings. The summed E-state index contributed by atoms with van der Waals surface area (Å²) in [6, 6.07) is 6.41. The van der Waals surface area contributed by atoms with Crippen LogP contribution in [0.5, 0.6) is 0 Å². The summed E-state index contributed by atoms with van der Waals surface area (Å²) in [6.45, 7) is 2.50. The van der Waals surface area contributed by atoms with Crippen LogP contribution in [0.1, 0.15) is 12.8 Å². The predicted molar refractivity (Wildman–Crippen MR) is 76.9 cm³/mol. The summed E-state index contributed by atoms with van der Waals surface area (Å²) in [5, 5.41) is 3.72. The van der Waals surface area contributed by atoms with Crippen molar-refractivity contribution < 1.29 is 8.42 Å². The van der Waals surface area contributed by atoms with Crippen molar-refractivity contribution in [1.29, 1.82) is 0 Å². The first kappa shape index (κ1) is 14.8. The second kappa shape index (κ2) is 6.22. The molecule has 1 aliphatic rings. The molecule has 0 spiro atoms. The quantitative estimate of drug-likeness (QED) is 0.925. The SMILES string of the molecule is CN(CC1CCNCC1)S(=O)(=O)c1cccc(Cl)c1. The Hall–Kier alpha value is -0.620. The Morgan fingerprint density at radius 2 is 2.05 bits per heavy atom. The zero-order chi connectivity index (χ0) is 13.9. The van der Waals surface area contributed by atoms with Gasteiger partial charge < -0.3 is 5.32 Å². The first-order valence-electron chi connectivity index (χ1n) is 6.43. The van der Waals surface area contributed by atoms with E-state index in [9.17, 15) is 8.42 Å². The van der Waals surface area contributed by atoms with Crippen molar-refractivity contribution in [1.82, 2.24) is 9.62 Å². The highest BCUT2D eigenvalue weighted by Gasteiger charge is 2.24. The molecule has 1 aromatic carbocycles. The fourth-order valence-corrected chi connectivity index (χ4v) is 3.88. The van der Waals surface area contributed by atoms with E-state index in [1.54, 1.807) is 25.2 Å². The zero-order valence-corrected chi connectivity index (χ0v) is 12.5. The molecule has 0 aliphatic carbocycles. The van der Waals surface area contributed by atoms with Crippen molar-refractivity contribution in [3.63, 3.8) is 0 Å². The molecule has 6 heteroatoms. The number of benzene rings is 1. The molecule has 0 bridgehead atoms. The van der Waals surface area contributed by atoms with Gasteiger partial charge in [-0.2, -0.15) is 0 Å². The lowest BCUT2D eigenvalue weighted by Gasteiger charge is -2.27. The van der Waals surface area contributed by atoms with Gasteiger partial charge in [-0.3, -0.25) is 0 Å². The average molecular weight is 303 g/mol. The largest absolute Gasteiger partial charge is 0.317 e. The summed E-state index contributed by atoms with van der Waals surface area (Å²) in [6.07, 6.45) is 2.05. The van der Waals surface area contributed by atoms with Crippen molar-refractivity contribution in [3.05, 3.63) is 29.3 Å². The molecule has 106 valence electrons. The van der Waals surface area contributed by atoms with Crippen LogP contribution >= 0.6 is 11.6 Å². The van der Waals surface area contributed by atoms with E-state index in [1.165, 1.54) is 10.4 Å². The summed E-state index contributed by atoms with van der Waals surface area (Å²) < 4.78 is 26.3. The standard InChI is InChI=1S/C13H19ClN2O2S/c1-16(10-11-5-7-15-8-6-11)19(17,18)13-4-2-3-12(14)9-13/h2-4,9,11,15H,5-8,10H2,1H3. The van der Waals surface area contributed by atoms with E-state index in [4.69, 9.17) is 11.6 Å². The van der Waals surface area contributed by atoms with Crippen LogP contribution in [-0.2, 0) is 10.0 Å². The third-order valence-electron chi connectivity index (χ3n) is 3.48. The minimum Gasteiger partial charge on any atom is -0.317 e. The fraction of sp³-hybridized carbons (Fsp3) is 0.538. The number of sulfonamides is 1. The van der Waals surface area contributed by atoms with Crippen molar-refractivity contribution in [2.24, 2.45) is 5.92 Å². The third kappa shape index (κ3) is 3.69. The van der Waals surface area contributed by atoms with Crippen LogP contribution in [0.2, 0.25) is 5.02 Å². The molecule has 0 atom stereocenters. The Morgan fingerprint density at radius 1 is 1.37 bits per heavy atom. The molecule has 1 aromatic rings. The van der Waals surface area contributed by atoms with E-state index in [-0.39, 0.29) is 4.90 Å².